The monoisotopic (exact) mass is 425 g/mol. The first kappa shape index (κ1) is 18.2. The Balaban J connectivity index is 1.49. The highest BCUT2D eigenvalue weighted by atomic mass is 35.5. The molecule has 0 N–H and O–H groups in total. The first-order valence-corrected chi connectivity index (χ1v) is 9.98. The fourth-order valence-corrected chi connectivity index (χ4v) is 4.46. The summed E-state index contributed by atoms with van der Waals surface area (Å²) in [4.78, 5) is 0. The minimum Gasteiger partial charge on any atom is -0.484 e. The van der Waals surface area contributed by atoms with Gasteiger partial charge < -0.3 is 9.30 Å². The Morgan fingerprint density at radius 3 is 2.52 bits per heavy atom. The van der Waals surface area contributed by atoms with E-state index in [0.29, 0.717) is 10.0 Å². The van der Waals surface area contributed by atoms with Crippen LogP contribution in [0.15, 0.2) is 60.9 Å². The van der Waals surface area contributed by atoms with Crippen LogP contribution in [0.25, 0.3) is 5.69 Å². The van der Waals surface area contributed by atoms with E-state index in [9.17, 15) is 0 Å². The van der Waals surface area contributed by atoms with Crippen LogP contribution in [0.4, 0.5) is 0 Å². The van der Waals surface area contributed by atoms with Gasteiger partial charge in [-0.15, -0.1) is 5.10 Å². The van der Waals surface area contributed by atoms with Crippen LogP contribution in [0, 0.1) is 6.92 Å². The van der Waals surface area contributed by atoms with Crippen LogP contribution in [0.1, 0.15) is 29.1 Å². The fourth-order valence-electron chi connectivity index (χ4n) is 3.87. The van der Waals surface area contributed by atoms with E-state index in [0.717, 1.165) is 34.8 Å². The van der Waals surface area contributed by atoms with Gasteiger partial charge in [-0.1, -0.05) is 23.2 Å². The normalized spacial score (nSPS) is 18.0. The maximum absolute atomic E-state index is 6.49. The molecule has 29 heavy (non-hydrogen) atoms. The summed E-state index contributed by atoms with van der Waals surface area (Å²) in [5, 5.41) is 12.9. The molecule has 0 bridgehead atoms. The van der Waals surface area contributed by atoms with E-state index in [2.05, 4.69) is 20.1 Å². The lowest BCUT2D eigenvalue weighted by Crippen LogP contribution is -2.18. The van der Waals surface area contributed by atoms with Gasteiger partial charge in [0.1, 0.15) is 11.9 Å². The van der Waals surface area contributed by atoms with Gasteiger partial charge in [-0.25, -0.2) is 0 Å². The maximum atomic E-state index is 6.49. The molecule has 146 valence electrons. The lowest BCUT2D eigenvalue weighted by molar-refractivity contribution is 0.153. The molecule has 2 aromatic heterocycles. The Labute approximate surface area is 177 Å². The summed E-state index contributed by atoms with van der Waals surface area (Å²) >= 11 is 12.8. The zero-order valence-electron chi connectivity index (χ0n) is 15.5. The molecule has 2 aromatic carbocycles. The second-order valence-electron chi connectivity index (χ2n) is 7.03. The van der Waals surface area contributed by atoms with Gasteiger partial charge in [-0.05, 0) is 77.9 Å². The van der Waals surface area contributed by atoms with Crippen molar-refractivity contribution in [3.8, 4) is 11.4 Å². The number of benzene rings is 2. The predicted molar refractivity (Wildman–Crippen MR) is 111 cm³/mol. The van der Waals surface area contributed by atoms with Crippen molar-refractivity contribution in [3.63, 3.8) is 0 Å². The molecule has 6 nitrogen and oxygen atoms in total. The molecule has 0 spiro atoms. The molecule has 4 aromatic rings. The minimum atomic E-state index is -0.200. The van der Waals surface area contributed by atoms with Gasteiger partial charge in [0.25, 0.3) is 0 Å². The summed E-state index contributed by atoms with van der Waals surface area (Å²) in [6.45, 7) is 1.86. The van der Waals surface area contributed by atoms with E-state index >= 15 is 0 Å². The maximum Gasteiger partial charge on any atom is 0.153 e. The molecule has 0 unspecified atom stereocenters. The Bertz CT molecular complexity index is 1150. The predicted octanol–water partition coefficient (Wildman–Crippen LogP) is 5.00. The molecule has 2 heterocycles. The zero-order valence-corrected chi connectivity index (χ0v) is 17.0. The van der Waals surface area contributed by atoms with Crippen molar-refractivity contribution in [2.75, 3.05) is 0 Å². The highest BCUT2D eigenvalue weighted by molar-refractivity contribution is 6.35. The number of aryl methyl sites for hydroxylation is 1. The molecule has 8 heteroatoms. The SMILES string of the molecule is Cc1nnnn1-c1ccc(O[C@H]2c3cc(Cl)cc(Cl)c3C[C@@H]2n2cccc2)cc1. The van der Waals surface area contributed by atoms with Gasteiger partial charge in [0, 0.05) is 28.0 Å². The van der Waals surface area contributed by atoms with Crippen LogP contribution < -0.4 is 4.74 Å². The molecule has 0 aliphatic heterocycles. The molecule has 0 radical (unpaired) electrons. The first-order valence-electron chi connectivity index (χ1n) is 9.22. The smallest absolute Gasteiger partial charge is 0.153 e. The van der Waals surface area contributed by atoms with Crippen molar-refractivity contribution in [1.82, 2.24) is 24.8 Å². The van der Waals surface area contributed by atoms with Gasteiger partial charge in [0.2, 0.25) is 0 Å². The lowest BCUT2D eigenvalue weighted by atomic mass is 10.1. The van der Waals surface area contributed by atoms with Gasteiger partial charge in [-0.2, -0.15) is 4.68 Å². The molecular weight excluding hydrogens is 409 g/mol. The van der Waals surface area contributed by atoms with Crippen molar-refractivity contribution in [2.45, 2.75) is 25.5 Å². The Hall–Kier alpha value is -2.83. The third-order valence-electron chi connectivity index (χ3n) is 5.24. The number of tetrazole rings is 1. The number of rotatable bonds is 4. The molecule has 2 atom stereocenters. The van der Waals surface area contributed by atoms with Crippen molar-refractivity contribution in [3.05, 3.63) is 87.9 Å². The Morgan fingerprint density at radius 1 is 1.07 bits per heavy atom. The van der Waals surface area contributed by atoms with Crippen molar-refractivity contribution >= 4 is 23.2 Å². The lowest BCUT2D eigenvalue weighted by Gasteiger charge is -2.24. The van der Waals surface area contributed by atoms with E-state index in [-0.39, 0.29) is 12.1 Å². The largest absolute Gasteiger partial charge is 0.484 e. The Kier molecular flexibility index (Phi) is 4.53. The van der Waals surface area contributed by atoms with Crippen molar-refractivity contribution in [2.24, 2.45) is 0 Å². The number of nitrogens with zero attached hydrogens (tertiary/aromatic N) is 5. The highest BCUT2D eigenvalue weighted by Crippen LogP contribution is 2.46. The standard InChI is InChI=1S/C21H17Cl2N5O/c1-13-24-25-26-28(13)15-4-6-16(7-5-15)29-21-18-10-14(22)11-19(23)17(18)12-20(21)27-8-2-3-9-27/h2-11,20-21H,12H2,1H3/t20-,21-/m0/s1. The Morgan fingerprint density at radius 2 is 1.83 bits per heavy atom. The summed E-state index contributed by atoms with van der Waals surface area (Å²) in [7, 11) is 0. The summed E-state index contributed by atoms with van der Waals surface area (Å²) in [6.07, 6.45) is 4.68. The average molecular weight is 426 g/mol. The van der Waals surface area contributed by atoms with Crippen LogP contribution in [0.5, 0.6) is 5.75 Å². The number of hydrogen-bond donors (Lipinski definition) is 0. The van der Waals surface area contributed by atoms with E-state index in [1.54, 1.807) is 10.7 Å². The second kappa shape index (κ2) is 7.21. The first-order chi connectivity index (χ1) is 14.1. The van der Waals surface area contributed by atoms with Gasteiger partial charge >= 0.3 is 0 Å². The summed E-state index contributed by atoms with van der Waals surface area (Å²) in [5.41, 5.74) is 2.99. The van der Waals surface area contributed by atoms with Crippen LogP contribution in [-0.4, -0.2) is 24.8 Å². The van der Waals surface area contributed by atoms with Gasteiger partial charge in [0.15, 0.2) is 5.82 Å². The summed E-state index contributed by atoms with van der Waals surface area (Å²) < 4.78 is 10.3. The summed E-state index contributed by atoms with van der Waals surface area (Å²) in [6, 6.07) is 15.6. The summed E-state index contributed by atoms with van der Waals surface area (Å²) in [5.74, 6) is 1.48. The minimum absolute atomic E-state index is 0.0948. The van der Waals surface area contributed by atoms with Crippen LogP contribution in [-0.2, 0) is 6.42 Å². The zero-order chi connectivity index (χ0) is 20.0. The fraction of sp³-hybridized carbons (Fsp3) is 0.190. The van der Waals surface area contributed by atoms with Crippen molar-refractivity contribution < 1.29 is 4.74 Å². The number of hydrogen-bond acceptors (Lipinski definition) is 4. The highest BCUT2D eigenvalue weighted by Gasteiger charge is 2.37. The quantitative estimate of drug-likeness (QED) is 0.461. The average Bonchev–Trinajstić information content (AvgIpc) is 3.43. The number of halogens is 2. The number of fused-ring (bicyclic) bond motifs is 1. The third-order valence-corrected chi connectivity index (χ3v) is 5.80. The van der Waals surface area contributed by atoms with E-state index in [4.69, 9.17) is 27.9 Å². The molecule has 0 saturated heterocycles. The number of aromatic nitrogens is 5. The molecule has 1 aliphatic carbocycles. The number of ether oxygens (including phenoxy) is 1. The van der Waals surface area contributed by atoms with E-state index < -0.39 is 0 Å². The molecule has 0 fully saturated rings. The van der Waals surface area contributed by atoms with E-state index in [1.807, 2.05) is 61.8 Å². The molecule has 0 amide bonds. The third kappa shape index (κ3) is 3.28. The molecule has 0 saturated carbocycles. The van der Waals surface area contributed by atoms with E-state index in [1.165, 1.54) is 0 Å². The van der Waals surface area contributed by atoms with Crippen LogP contribution in [0.3, 0.4) is 0 Å². The molecule has 1 aliphatic rings. The topological polar surface area (TPSA) is 57.8 Å². The second-order valence-corrected chi connectivity index (χ2v) is 7.87. The molecule has 5 rings (SSSR count). The van der Waals surface area contributed by atoms with Crippen LogP contribution in [0.2, 0.25) is 10.0 Å². The van der Waals surface area contributed by atoms with Gasteiger partial charge in [0.05, 0.1) is 11.7 Å². The van der Waals surface area contributed by atoms with Crippen LogP contribution >= 0.6 is 23.2 Å². The van der Waals surface area contributed by atoms with Crippen molar-refractivity contribution in [1.29, 1.82) is 0 Å². The van der Waals surface area contributed by atoms with Gasteiger partial charge in [-0.3, -0.25) is 0 Å². The molecular formula is C21H17Cl2N5O.